The minimum Gasteiger partial charge on any atom is -0.454 e. The Morgan fingerprint density at radius 2 is 2.03 bits per heavy atom. The number of carbonyl (C=O) groups is 1. The number of aryl methyl sites for hydroxylation is 2. The maximum Gasteiger partial charge on any atom is 0.291 e. The fraction of sp³-hybridized carbons (Fsp3) is 0.318. The zero-order valence-corrected chi connectivity index (χ0v) is 16.8. The summed E-state index contributed by atoms with van der Waals surface area (Å²) in [6.07, 6.45) is 3.58. The summed E-state index contributed by atoms with van der Waals surface area (Å²) in [5.41, 5.74) is 2.93. The molecule has 0 atom stereocenters. The summed E-state index contributed by atoms with van der Waals surface area (Å²) < 4.78 is 22.3. The van der Waals surface area contributed by atoms with Crippen LogP contribution in [0.1, 0.15) is 41.8 Å². The smallest absolute Gasteiger partial charge is 0.291 e. The van der Waals surface area contributed by atoms with Gasteiger partial charge in [0.15, 0.2) is 11.6 Å². The van der Waals surface area contributed by atoms with Gasteiger partial charge in [-0.15, -0.1) is 0 Å². The van der Waals surface area contributed by atoms with Crippen molar-refractivity contribution in [2.24, 2.45) is 0 Å². The molecule has 2 aromatic heterocycles. The third kappa shape index (κ3) is 3.60. The molecule has 7 heteroatoms. The third-order valence-corrected chi connectivity index (χ3v) is 5.02. The van der Waals surface area contributed by atoms with E-state index in [1.54, 1.807) is 35.4 Å². The molecule has 1 aliphatic rings. The first-order valence-corrected chi connectivity index (χ1v) is 9.74. The number of benzene rings is 1. The van der Waals surface area contributed by atoms with Gasteiger partial charge in [0.25, 0.3) is 5.91 Å². The van der Waals surface area contributed by atoms with Gasteiger partial charge in [-0.25, -0.2) is 9.37 Å². The fourth-order valence-corrected chi connectivity index (χ4v) is 3.58. The van der Waals surface area contributed by atoms with Gasteiger partial charge >= 0.3 is 0 Å². The van der Waals surface area contributed by atoms with E-state index in [9.17, 15) is 9.18 Å². The first kappa shape index (κ1) is 19.1. The topological polar surface area (TPSA) is 60.3 Å². The number of imidazole rings is 1. The van der Waals surface area contributed by atoms with Gasteiger partial charge in [0.05, 0.1) is 18.1 Å². The van der Waals surface area contributed by atoms with Crippen LogP contribution in [0, 0.1) is 19.7 Å². The summed E-state index contributed by atoms with van der Waals surface area (Å²) in [6.45, 7) is 6.92. The lowest BCUT2D eigenvalue weighted by molar-refractivity contribution is 0.0763. The molecule has 29 heavy (non-hydrogen) atoms. The minimum atomic E-state index is -0.473. The second kappa shape index (κ2) is 7.66. The molecule has 0 saturated heterocycles. The molecular weight excluding hydrogens is 371 g/mol. The summed E-state index contributed by atoms with van der Waals surface area (Å²) in [7, 11) is 0. The zero-order chi connectivity index (χ0) is 20.5. The van der Waals surface area contributed by atoms with Crippen molar-refractivity contribution in [1.82, 2.24) is 19.4 Å². The van der Waals surface area contributed by atoms with Crippen molar-refractivity contribution in [3.05, 3.63) is 59.6 Å². The SMILES string of the molecule is CCCCN1Cn2c(nc(C)c2-c2ccc(Oc3ccnc(C)c3)c(F)c2)C1=O. The van der Waals surface area contributed by atoms with E-state index in [2.05, 4.69) is 16.9 Å². The molecule has 1 aromatic carbocycles. The van der Waals surface area contributed by atoms with Crippen molar-refractivity contribution in [1.29, 1.82) is 0 Å². The second-order valence-corrected chi connectivity index (χ2v) is 7.24. The molecule has 0 bridgehead atoms. The molecule has 0 N–H and O–H groups in total. The highest BCUT2D eigenvalue weighted by Gasteiger charge is 2.32. The highest BCUT2D eigenvalue weighted by atomic mass is 19.1. The van der Waals surface area contributed by atoms with Crippen molar-refractivity contribution < 1.29 is 13.9 Å². The van der Waals surface area contributed by atoms with Crippen LogP contribution in [0.4, 0.5) is 4.39 Å². The van der Waals surface area contributed by atoms with Crippen LogP contribution in [0.5, 0.6) is 11.5 Å². The average Bonchev–Trinajstić information content (AvgIpc) is 3.16. The molecule has 0 spiro atoms. The maximum absolute atomic E-state index is 14.8. The second-order valence-electron chi connectivity index (χ2n) is 7.24. The number of halogens is 1. The van der Waals surface area contributed by atoms with E-state index < -0.39 is 5.82 Å². The number of unbranched alkanes of at least 4 members (excludes halogenated alkanes) is 1. The molecule has 3 heterocycles. The summed E-state index contributed by atoms with van der Waals surface area (Å²) >= 11 is 0. The number of hydrogen-bond acceptors (Lipinski definition) is 4. The van der Waals surface area contributed by atoms with E-state index in [0.29, 0.717) is 36.0 Å². The van der Waals surface area contributed by atoms with Crippen LogP contribution in [-0.4, -0.2) is 31.9 Å². The summed E-state index contributed by atoms with van der Waals surface area (Å²) in [6, 6.07) is 8.26. The van der Waals surface area contributed by atoms with Crippen molar-refractivity contribution in [3.8, 4) is 22.8 Å². The normalized spacial score (nSPS) is 13.1. The predicted molar refractivity (Wildman–Crippen MR) is 107 cm³/mol. The Bertz CT molecular complexity index is 1080. The molecular formula is C22H23FN4O2. The monoisotopic (exact) mass is 394 g/mol. The minimum absolute atomic E-state index is 0.0683. The van der Waals surface area contributed by atoms with E-state index in [-0.39, 0.29) is 11.7 Å². The molecule has 0 aliphatic carbocycles. The van der Waals surface area contributed by atoms with Gasteiger partial charge in [-0.3, -0.25) is 9.78 Å². The summed E-state index contributed by atoms with van der Waals surface area (Å²) in [4.78, 5) is 22.9. The van der Waals surface area contributed by atoms with Crippen molar-refractivity contribution in [3.63, 3.8) is 0 Å². The number of carbonyl (C=O) groups excluding carboxylic acids is 1. The highest BCUT2D eigenvalue weighted by Crippen LogP contribution is 2.33. The molecule has 1 amide bonds. The molecule has 3 aromatic rings. The number of rotatable bonds is 6. The molecule has 0 unspecified atom stereocenters. The molecule has 0 saturated carbocycles. The molecule has 1 aliphatic heterocycles. The number of nitrogens with zero attached hydrogens (tertiary/aromatic N) is 4. The Balaban J connectivity index is 1.63. The van der Waals surface area contributed by atoms with Crippen LogP contribution in [0.3, 0.4) is 0 Å². The largest absolute Gasteiger partial charge is 0.454 e. The Labute approximate surface area is 169 Å². The Kier molecular flexibility index (Phi) is 5.05. The number of pyridine rings is 1. The maximum atomic E-state index is 14.8. The lowest BCUT2D eigenvalue weighted by atomic mass is 10.1. The number of fused-ring (bicyclic) bond motifs is 1. The Morgan fingerprint density at radius 3 is 2.76 bits per heavy atom. The standard InChI is InChI=1S/C22H23FN4O2/c1-4-5-10-26-13-27-20(15(3)25-21(27)22(26)28)16-6-7-19(18(23)12-16)29-17-8-9-24-14(2)11-17/h6-9,11-12H,4-5,10,13H2,1-3H3. The number of aromatic nitrogens is 3. The van der Waals surface area contributed by atoms with E-state index in [1.807, 2.05) is 18.4 Å². The van der Waals surface area contributed by atoms with Gasteiger partial charge in [0.1, 0.15) is 5.75 Å². The van der Waals surface area contributed by atoms with Gasteiger partial charge in [0.2, 0.25) is 5.82 Å². The van der Waals surface area contributed by atoms with E-state index >= 15 is 0 Å². The van der Waals surface area contributed by atoms with E-state index in [0.717, 1.165) is 24.2 Å². The average molecular weight is 394 g/mol. The molecule has 6 nitrogen and oxygen atoms in total. The lowest BCUT2D eigenvalue weighted by Gasteiger charge is -2.16. The van der Waals surface area contributed by atoms with E-state index in [4.69, 9.17) is 4.74 Å². The Morgan fingerprint density at radius 1 is 1.21 bits per heavy atom. The van der Waals surface area contributed by atoms with Crippen LogP contribution in [0.25, 0.3) is 11.3 Å². The van der Waals surface area contributed by atoms with Gasteiger partial charge in [-0.2, -0.15) is 0 Å². The molecule has 150 valence electrons. The van der Waals surface area contributed by atoms with Crippen LogP contribution in [-0.2, 0) is 6.67 Å². The number of ether oxygens (including phenoxy) is 1. The van der Waals surface area contributed by atoms with Gasteiger partial charge in [0, 0.05) is 30.1 Å². The van der Waals surface area contributed by atoms with Crippen molar-refractivity contribution in [2.45, 2.75) is 40.3 Å². The lowest BCUT2D eigenvalue weighted by Crippen LogP contribution is -2.26. The summed E-state index contributed by atoms with van der Waals surface area (Å²) in [5.74, 6) is 0.545. The molecule has 0 radical (unpaired) electrons. The van der Waals surface area contributed by atoms with Gasteiger partial charge < -0.3 is 14.2 Å². The van der Waals surface area contributed by atoms with Crippen LogP contribution in [0.15, 0.2) is 36.5 Å². The number of hydrogen-bond donors (Lipinski definition) is 0. The van der Waals surface area contributed by atoms with Crippen LogP contribution < -0.4 is 4.74 Å². The molecule has 0 fully saturated rings. The van der Waals surface area contributed by atoms with Gasteiger partial charge in [-0.1, -0.05) is 13.3 Å². The molecule has 4 rings (SSSR count). The summed E-state index contributed by atoms with van der Waals surface area (Å²) in [5, 5.41) is 0. The first-order chi connectivity index (χ1) is 14.0. The van der Waals surface area contributed by atoms with Crippen molar-refractivity contribution >= 4 is 5.91 Å². The van der Waals surface area contributed by atoms with Gasteiger partial charge in [-0.05, 0) is 44.5 Å². The quantitative estimate of drug-likeness (QED) is 0.608. The third-order valence-electron chi connectivity index (χ3n) is 5.02. The fourth-order valence-electron chi connectivity index (χ4n) is 3.58. The van der Waals surface area contributed by atoms with Crippen molar-refractivity contribution in [2.75, 3.05) is 6.54 Å². The highest BCUT2D eigenvalue weighted by molar-refractivity contribution is 5.94. The zero-order valence-electron chi connectivity index (χ0n) is 16.8. The predicted octanol–water partition coefficient (Wildman–Crippen LogP) is 4.71. The van der Waals surface area contributed by atoms with E-state index in [1.165, 1.54) is 6.07 Å². The number of amides is 1. The van der Waals surface area contributed by atoms with Crippen LogP contribution >= 0.6 is 0 Å². The van der Waals surface area contributed by atoms with Crippen LogP contribution in [0.2, 0.25) is 0 Å². The Hall–Kier alpha value is -3.22. The first-order valence-electron chi connectivity index (χ1n) is 9.74.